The van der Waals surface area contributed by atoms with E-state index in [2.05, 4.69) is 0 Å². The van der Waals surface area contributed by atoms with Gasteiger partial charge in [-0.25, -0.2) is 17.6 Å². The number of aldehydes is 1. The molecule has 1 rings (SSSR count). The Hall–Kier alpha value is -0.960. The molecule has 0 aromatic heterocycles. The van der Waals surface area contributed by atoms with Crippen molar-refractivity contribution in [1.29, 1.82) is 0 Å². The fraction of sp³-hybridized carbons (Fsp3) is 0. The summed E-state index contributed by atoms with van der Waals surface area (Å²) in [6, 6.07) is 0. The van der Waals surface area contributed by atoms with Crippen molar-refractivity contribution in [2.75, 3.05) is 0 Å². The maximum atomic E-state index is 12.7. The molecule has 0 fully saturated rings. The Labute approximate surface area is 72.9 Å². The molecule has 0 bridgehead atoms. The molecular weight excluding hydrogens is 207 g/mol. The predicted octanol–water partition coefficient (Wildman–Crippen LogP) is 1.56. The molecule has 1 aromatic rings. The van der Waals surface area contributed by atoms with Gasteiger partial charge in [-0.3, -0.25) is 4.79 Å². The molecule has 1 atom stereocenters. The van der Waals surface area contributed by atoms with E-state index in [4.69, 9.17) is 0 Å². The minimum absolute atomic E-state index is 0.277. The van der Waals surface area contributed by atoms with Crippen LogP contribution in [0.2, 0.25) is 0 Å². The van der Waals surface area contributed by atoms with Crippen LogP contribution in [0.25, 0.3) is 0 Å². The van der Waals surface area contributed by atoms with Gasteiger partial charge in [-0.15, -0.1) is 0 Å². The molecule has 0 spiro atoms. The first-order valence-electron chi connectivity index (χ1n) is 3.07. The highest BCUT2D eigenvalue weighted by Crippen LogP contribution is 2.17. The van der Waals surface area contributed by atoms with E-state index < -0.39 is 34.1 Å². The van der Waals surface area contributed by atoms with Crippen molar-refractivity contribution in [1.82, 2.24) is 0 Å². The molecule has 1 nitrogen and oxygen atoms in total. The lowest BCUT2D eigenvalue weighted by Crippen LogP contribution is -2.14. The first kappa shape index (κ1) is 10.1. The average molecular weight is 210 g/mol. The molecule has 0 aliphatic rings. The minimum Gasteiger partial charge on any atom is -0.298 e. The van der Waals surface area contributed by atoms with Gasteiger partial charge >= 0.3 is 0 Å². The Bertz CT molecular complexity index is 348. The molecule has 0 aliphatic carbocycles. The summed E-state index contributed by atoms with van der Waals surface area (Å²) in [5.74, 6) is -6.52. The van der Waals surface area contributed by atoms with Crippen molar-refractivity contribution in [2.45, 2.75) is 0 Å². The van der Waals surface area contributed by atoms with Crippen molar-refractivity contribution in [2.24, 2.45) is 0 Å². The van der Waals surface area contributed by atoms with Crippen LogP contribution in [0.1, 0.15) is 10.4 Å². The summed E-state index contributed by atoms with van der Waals surface area (Å²) in [5.41, 5.74) is -1.23. The lowest BCUT2D eigenvalue weighted by Gasteiger charge is -2.03. The zero-order chi connectivity index (χ0) is 10.2. The van der Waals surface area contributed by atoms with Gasteiger partial charge in [0.1, 0.15) is 0 Å². The highest BCUT2D eigenvalue weighted by Gasteiger charge is 2.22. The molecule has 0 saturated heterocycles. The fourth-order valence-electron chi connectivity index (χ4n) is 0.769. The van der Waals surface area contributed by atoms with E-state index in [0.29, 0.717) is 0 Å². The number of hydrogen-bond acceptors (Lipinski definition) is 1. The van der Waals surface area contributed by atoms with Gasteiger partial charge in [0, 0.05) is 5.30 Å². The predicted molar refractivity (Wildman–Crippen MR) is 41.0 cm³/mol. The summed E-state index contributed by atoms with van der Waals surface area (Å²) in [4.78, 5) is 10.0. The SMILES string of the molecule is O=Cc1c(F)c(F)c(P)c(F)c1F. The van der Waals surface area contributed by atoms with E-state index in [0.717, 1.165) is 0 Å². The lowest BCUT2D eigenvalue weighted by atomic mass is 10.2. The summed E-state index contributed by atoms with van der Waals surface area (Å²) in [7, 11) is 1.51. The van der Waals surface area contributed by atoms with E-state index in [-0.39, 0.29) is 6.29 Å². The van der Waals surface area contributed by atoms with E-state index >= 15 is 0 Å². The molecule has 1 unspecified atom stereocenters. The zero-order valence-electron chi connectivity index (χ0n) is 6.07. The summed E-state index contributed by atoms with van der Waals surface area (Å²) < 4.78 is 50.7. The van der Waals surface area contributed by atoms with Crippen molar-refractivity contribution in [3.05, 3.63) is 28.8 Å². The molecule has 6 heteroatoms. The summed E-state index contributed by atoms with van der Waals surface area (Å²) in [6.07, 6.45) is -0.277. The summed E-state index contributed by atoms with van der Waals surface area (Å²) in [6.45, 7) is 0. The third kappa shape index (κ3) is 1.44. The second-order valence-electron chi connectivity index (χ2n) is 2.20. The van der Waals surface area contributed by atoms with Crippen molar-refractivity contribution >= 4 is 20.8 Å². The van der Waals surface area contributed by atoms with Crippen LogP contribution < -0.4 is 5.30 Å². The second-order valence-corrected chi connectivity index (χ2v) is 2.78. The molecule has 0 aliphatic heterocycles. The molecule has 13 heavy (non-hydrogen) atoms. The average Bonchev–Trinajstić information content (AvgIpc) is 2.13. The van der Waals surface area contributed by atoms with Gasteiger partial charge in [0.2, 0.25) is 0 Å². The number of hydrogen-bond donors (Lipinski definition) is 0. The van der Waals surface area contributed by atoms with E-state index in [1.165, 1.54) is 9.24 Å². The highest BCUT2D eigenvalue weighted by atomic mass is 31.0. The number of carbonyl (C=O) groups excluding carboxylic acids is 1. The van der Waals surface area contributed by atoms with Gasteiger partial charge in [-0.2, -0.15) is 0 Å². The van der Waals surface area contributed by atoms with Crippen molar-refractivity contribution in [3.63, 3.8) is 0 Å². The van der Waals surface area contributed by atoms with Crippen LogP contribution in [0, 0.1) is 23.3 Å². The third-order valence-electron chi connectivity index (χ3n) is 1.45. The minimum atomic E-state index is -1.68. The normalized spacial score (nSPS) is 10.2. The Balaban J connectivity index is 3.66. The van der Waals surface area contributed by atoms with Gasteiger partial charge in [0.25, 0.3) is 0 Å². The topological polar surface area (TPSA) is 17.1 Å². The monoisotopic (exact) mass is 210 g/mol. The molecule has 1 aromatic carbocycles. The maximum absolute atomic E-state index is 12.7. The molecule has 0 amide bonds. The van der Waals surface area contributed by atoms with Gasteiger partial charge in [-0.05, 0) is 0 Å². The molecule has 0 N–H and O–H groups in total. The van der Waals surface area contributed by atoms with Crippen molar-refractivity contribution in [3.8, 4) is 0 Å². The molecule has 0 radical (unpaired) electrons. The zero-order valence-corrected chi connectivity index (χ0v) is 7.23. The fourth-order valence-corrected chi connectivity index (χ4v) is 1.02. The second kappa shape index (κ2) is 3.42. The number of benzene rings is 1. The molecule has 70 valence electrons. The molecular formula is C7H3F4OP. The van der Waals surface area contributed by atoms with Crippen LogP contribution in [-0.2, 0) is 0 Å². The van der Waals surface area contributed by atoms with Crippen LogP contribution in [0.5, 0.6) is 0 Å². The standard InChI is InChI=1S/C7H3F4OP/c8-3-2(1-12)4(9)6(11)7(13)5(3)10/h1H,13H2. The summed E-state index contributed by atoms with van der Waals surface area (Å²) >= 11 is 0. The molecule has 0 saturated carbocycles. The van der Waals surface area contributed by atoms with Gasteiger partial charge in [-0.1, -0.05) is 9.24 Å². The first-order chi connectivity index (χ1) is 6.00. The number of carbonyl (C=O) groups is 1. The van der Waals surface area contributed by atoms with Gasteiger partial charge in [0.15, 0.2) is 29.6 Å². The van der Waals surface area contributed by atoms with E-state index in [1.54, 1.807) is 0 Å². The number of halogens is 4. The van der Waals surface area contributed by atoms with Crippen LogP contribution in [0.3, 0.4) is 0 Å². The third-order valence-corrected chi connectivity index (χ3v) is 1.96. The van der Waals surface area contributed by atoms with Crippen molar-refractivity contribution < 1.29 is 22.4 Å². The van der Waals surface area contributed by atoms with Crippen LogP contribution in [-0.4, -0.2) is 6.29 Å². The quantitative estimate of drug-likeness (QED) is 0.297. The largest absolute Gasteiger partial charge is 0.298 e. The van der Waals surface area contributed by atoms with E-state index in [1.807, 2.05) is 0 Å². The van der Waals surface area contributed by atoms with Crippen LogP contribution >= 0.6 is 9.24 Å². The van der Waals surface area contributed by atoms with Crippen LogP contribution in [0.4, 0.5) is 17.6 Å². The number of rotatable bonds is 1. The Morgan fingerprint density at radius 2 is 1.31 bits per heavy atom. The van der Waals surface area contributed by atoms with Gasteiger partial charge in [0.05, 0.1) is 5.56 Å². The summed E-state index contributed by atoms with van der Waals surface area (Å²) in [5, 5.41) is -0.861. The first-order valence-corrected chi connectivity index (χ1v) is 3.65. The van der Waals surface area contributed by atoms with Gasteiger partial charge < -0.3 is 0 Å². The molecule has 0 heterocycles. The Morgan fingerprint density at radius 1 is 0.923 bits per heavy atom. The maximum Gasteiger partial charge on any atom is 0.173 e. The highest BCUT2D eigenvalue weighted by molar-refractivity contribution is 7.27. The smallest absolute Gasteiger partial charge is 0.173 e. The van der Waals surface area contributed by atoms with Crippen LogP contribution in [0.15, 0.2) is 0 Å². The van der Waals surface area contributed by atoms with E-state index in [9.17, 15) is 22.4 Å². The lowest BCUT2D eigenvalue weighted by molar-refractivity contribution is 0.111. The Morgan fingerprint density at radius 3 is 1.62 bits per heavy atom. The Kier molecular flexibility index (Phi) is 2.66.